The number of amides is 2. The van der Waals surface area contributed by atoms with Crippen LogP contribution in [0.3, 0.4) is 0 Å². The lowest BCUT2D eigenvalue weighted by Gasteiger charge is -2.15. The topological polar surface area (TPSA) is 130 Å². The fourth-order valence-electron chi connectivity index (χ4n) is 3.33. The molecule has 9 nitrogen and oxygen atoms in total. The first-order valence-electron chi connectivity index (χ1n) is 10.0. The molecule has 3 aromatic carbocycles. The molecule has 182 valence electrons. The maximum absolute atomic E-state index is 12.7. The van der Waals surface area contributed by atoms with Crippen molar-refractivity contribution in [2.75, 3.05) is 14.3 Å². The molecule has 1 fully saturated rings. The molecule has 0 radical (unpaired) electrons. The van der Waals surface area contributed by atoms with Gasteiger partial charge in [0.05, 0.1) is 26.2 Å². The van der Waals surface area contributed by atoms with E-state index in [4.69, 9.17) is 23.2 Å². The Bertz CT molecular complexity index is 1510. The third-order valence-corrected chi connectivity index (χ3v) is 8.38. The van der Waals surface area contributed by atoms with Gasteiger partial charge in [-0.15, -0.1) is 0 Å². The maximum Gasteiger partial charge on any atom is 0.261 e. The van der Waals surface area contributed by atoms with Gasteiger partial charge in [-0.2, -0.15) is 0 Å². The van der Waals surface area contributed by atoms with Crippen LogP contribution >= 0.6 is 23.2 Å². The predicted octanol–water partition coefficient (Wildman–Crippen LogP) is 4.25. The number of sulfonamides is 2. The number of rotatable bonds is 7. The third kappa shape index (κ3) is 5.43. The minimum atomic E-state index is -4.02. The maximum atomic E-state index is 12.7. The van der Waals surface area contributed by atoms with E-state index in [-0.39, 0.29) is 50.8 Å². The van der Waals surface area contributed by atoms with Crippen LogP contribution in [0.2, 0.25) is 10.0 Å². The zero-order valence-electron chi connectivity index (χ0n) is 17.7. The highest BCUT2D eigenvalue weighted by Gasteiger charge is 2.30. The van der Waals surface area contributed by atoms with Crippen molar-refractivity contribution in [1.29, 1.82) is 0 Å². The van der Waals surface area contributed by atoms with E-state index in [0.29, 0.717) is 10.7 Å². The van der Waals surface area contributed by atoms with Crippen LogP contribution in [-0.4, -0.2) is 28.6 Å². The summed E-state index contributed by atoms with van der Waals surface area (Å²) >= 11 is 11.8. The molecule has 0 aromatic heterocycles. The van der Waals surface area contributed by atoms with E-state index >= 15 is 0 Å². The van der Waals surface area contributed by atoms with Crippen LogP contribution in [-0.2, 0) is 29.6 Å². The smallest absolute Gasteiger partial charge is 0.261 e. The lowest BCUT2D eigenvalue weighted by Crippen LogP contribution is -2.28. The molecular weight excluding hydrogens is 537 g/mol. The van der Waals surface area contributed by atoms with Crippen molar-refractivity contribution in [1.82, 2.24) is 0 Å². The summed E-state index contributed by atoms with van der Waals surface area (Å²) in [4.78, 5) is 24.5. The van der Waals surface area contributed by atoms with Crippen LogP contribution in [0.25, 0.3) is 0 Å². The average molecular weight is 554 g/mol. The molecule has 13 heteroatoms. The molecule has 3 aromatic rings. The van der Waals surface area contributed by atoms with Gasteiger partial charge < -0.3 is 0 Å². The summed E-state index contributed by atoms with van der Waals surface area (Å²) in [6.45, 7) is 0. The number of hydrogen-bond donors (Lipinski definition) is 2. The van der Waals surface area contributed by atoms with E-state index in [1.807, 2.05) is 0 Å². The first-order chi connectivity index (χ1) is 16.5. The Hall–Kier alpha value is -3.12. The largest absolute Gasteiger partial charge is 0.280 e. The molecule has 2 amide bonds. The Morgan fingerprint density at radius 1 is 0.686 bits per heavy atom. The Kier molecular flexibility index (Phi) is 6.78. The van der Waals surface area contributed by atoms with Crippen LogP contribution < -0.4 is 14.3 Å². The fraction of sp³-hybridized carbons (Fsp3) is 0.0909. The van der Waals surface area contributed by atoms with Crippen molar-refractivity contribution in [2.24, 2.45) is 0 Å². The predicted molar refractivity (Wildman–Crippen MR) is 133 cm³/mol. The van der Waals surface area contributed by atoms with Gasteiger partial charge in [-0.25, -0.2) is 16.8 Å². The minimum absolute atomic E-state index is 0.101. The molecular formula is C22H17Cl2N3O6S2. The number of benzene rings is 3. The fourth-order valence-corrected chi connectivity index (χ4v) is 5.98. The molecule has 0 spiro atoms. The van der Waals surface area contributed by atoms with Gasteiger partial charge in [0, 0.05) is 23.6 Å². The third-order valence-electron chi connectivity index (χ3n) is 5.05. The summed E-state index contributed by atoms with van der Waals surface area (Å²) in [5.41, 5.74) is 0.559. The van der Waals surface area contributed by atoms with Gasteiger partial charge in [-0.1, -0.05) is 23.2 Å². The second kappa shape index (κ2) is 9.50. The summed E-state index contributed by atoms with van der Waals surface area (Å²) in [6.07, 6.45) is 0.239. The van der Waals surface area contributed by atoms with Crippen molar-refractivity contribution >= 4 is 72.1 Å². The molecule has 0 bridgehead atoms. The monoisotopic (exact) mass is 553 g/mol. The summed E-state index contributed by atoms with van der Waals surface area (Å²) in [6, 6.07) is 14.7. The van der Waals surface area contributed by atoms with Crippen molar-refractivity contribution in [2.45, 2.75) is 22.6 Å². The van der Waals surface area contributed by atoms with Crippen LogP contribution in [0, 0.1) is 0 Å². The van der Waals surface area contributed by atoms with E-state index in [1.165, 1.54) is 66.7 Å². The van der Waals surface area contributed by atoms with Crippen LogP contribution in [0.15, 0.2) is 76.5 Å². The summed E-state index contributed by atoms with van der Waals surface area (Å²) in [5.74, 6) is -0.682. The number of anilines is 3. The normalized spacial score (nSPS) is 14.3. The van der Waals surface area contributed by atoms with Crippen molar-refractivity contribution in [3.05, 3.63) is 76.8 Å². The van der Waals surface area contributed by atoms with Gasteiger partial charge in [0.2, 0.25) is 11.8 Å². The van der Waals surface area contributed by atoms with Gasteiger partial charge in [-0.05, 0) is 66.7 Å². The summed E-state index contributed by atoms with van der Waals surface area (Å²) in [5, 5.41) is 0.470. The average Bonchev–Trinajstić information content (AvgIpc) is 3.14. The first-order valence-corrected chi connectivity index (χ1v) is 13.8. The second-order valence-electron chi connectivity index (χ2n) is 7.48. The molecule has 0 saturated carbocycles. The number of nitrogens with zero attached hydrogens (tertiary/aromatic N) is 1. The van der Waals surface area contributed by atoms with E-state index in [9.17, 15) is 26.4 Å². The highest BCUT2D eigenvalue weighted by atomic mass is 35.5. The van der Waals surface area contributed by atoms with E-state index in [0.717, 1.165) is 4.90 Å². The van der Waals surface area contributed by atoms with Gasteiger partial charge in [0.15, 0.2) is 0 Å². The number of carbonyl (C=O) groups is 2. The molecule has 35 heavy (non-hydrogen) atoms. The van der Waals surface area contributed by atoms with Crippen molar-refractivity contribution < 1.29 is 26.4 Å². The molecule has 4 rings (SSSR count). The standard InChI is InChI=1S/C22H17Cl2N3O6S2/c23-14-1-10-20(19(24)13-14)26-35(32,33)17-6-2-15(3-7-17)25-34(30,31)18-8-4-16(5-9-18)27-21(28)11-12-22(27)29/h1-10,13,25-26H,11-12H2. The number of nitrogens with one attached hydrogen (secondary N) is 2. The Balaban J connectivity index is 1.48. The van der Waals surface area contributed by atoms with Gasteiger partial charge in [-0.3, -0.25) is 23.9 Å². The molecule has 0 aliphatic carbocycles. The summed E-state index contributed by atoms with van der Waals surface area (Å²) < 4.78 is 55.5. The highest BCUT2D eigenvalue weighted by molar-refractivity contribution is 7.93. The van der Waals surface area contributed by atoms with E-state index < -0.39 is 20.0 Å². The number of carbonyl (C=O) groups excluding carboxylic acids is 2. The number of halogens is 2. The Morgan fingerprint density at radius 3 is 1.74 bits per heavy atom. The van der Waals surface area contributed by atoms with Crippen LogP contribution in [0.1, 0.15) is 12.8 Å². The molecule has 1 saturated heterocycles. The van der Waals surface area contributed by atoms with Crippen LogP contribution in [0.4, 0.5) is 17.1 Å². The zero-order chi connectivity index (χ0) is 25.4. The molecule has 1 aliphatic heterocycles. The minimum Gasteiger partial charge on any atom is -0.280 e. The SMILES string of the molecule is O=C1CCC(=O)N1c1ccc(S(=O)(=O)Nc2ccc(S(=O)(=O)Nc3ccc(Cl)cc3Cl)cc2)cc1. The molecule has 2 N–H and O–H groups in total. The van der Waals surface area contributed by atoms with Crippen LogP contribution in [0.5, 0.6) is 0 Å². The molecule has 0 atom stereocenters. The summed E-state index contributed by atoms with van der Waals surface area (Å²) in [7, 11) is -8.02. The van der Waals surface area contributed by atoms with Gasteiger partial charge in [0.25, 0.3) is 20.0 Å². The zero-order valence-corrected chi connectivity index (χ0v) is 20.9. The van der Waals surface area contributed by atoms with Crippen molar-refractivity contribution in [3.63, 3.8) is 0 Å². The van der Waals surface area contributed by atoms with Gasteiger partial charge >= 0.3 is 0 Å². The lowest BCUT2D eigenvalue weighted by atomic mass is 10.3. The number of imide groups is 1. The molecule has 0 unspecified atom stereocenters. The quantitative estimate of drug-likeness (QED) is 0.420. The number of hydrogen-bond acceptors (Lipinski definition) is 6. The second-order valence-corrected chi connectivity index (χ2v) is 11.7. The van der Waals surface area contributed by atoms with Crippen molar-refractivity contribution in [3.8, 4) is 0 Å². The Morgan fingerprint density at radius 2 is 1.20 bits per heavy atom. The van der Waals surface area contributed by atoms with E-state index in [1.54, 1.807) is 0 Å². The van der Waals surface area contributed by atoms with E-state index in [2.05, 4.69) is 9.44 Å². The molecule has 1 aliphatic rings. The van der Waals surface area contributed by atoms with Gasteiger partial charge in [0.1, 0.15) is 0 Å². The lowest BCUT2D eigenvalue weighted by molar-refractivity contribution is -0.121. The Labute approximate surface area is 211 Å². The highest BCUT2D eigenvalue weighted by Crippen LogP contribution is 2.28. The molecule has 1 heterocycles. The first kappa shape index (κ1) is 25.0.